The van der Waals surface area contributed by atoms with Crippen LogP contribution in [0.25, 0.3) is 0 Å². The van der Waals surface area contributed by atoms with Crippen molar-refractivity contribution in [3.05, 3.63) is 29.3 Å². The zero-order chi connectivity index (χ0) is 17.1. The van der Waals surface area contributed by atoms with E-state index in [0.29, 0.717) is 0 Å². The van der Waals surface area contributed by atoms with E-state index in [0.717, 1.165) is 31.2 Å². The highest BCUT2D eigenvalue weighted by Gasteiger charge is 2.23. The molecule has 0 aliphatic carbocycles. The Morgan fingerprint density at radius 1 is 1.09 bits per heavy atom. The van der Waals surface area contributed by atoms with Gasteiger partial charge in [0.1, 0.15) is 5.75 Å². The summed E-state index contributed by atoms with van der Waals surface area (Å²) in [6, 6.07) is 6.75. The van der Waals surface area contributed by atoms with Crippen molar-refractivity contribution in [1.29, 1.82) is 0 Å². The molecular weight excluding hydrogens is 282 g/mol. The highest BCUT2D eigenvalue weighted by Crippen LogP contribution is 2.35. The van der Waals surface area contributed by atoms with Crippen LogP contribution in [-0.4, -0.2) is 19.7 Å². The molecule has 1 atom stereocenters. The summed E-state index contributed by atoms with van der Waals surface area (Å²) in [6.07, 6.45) is 3.79. The maximum atomic E-state index is 6.21. The van der Waals surface area contributed by atoms with Gasteiger partial charge in [-0.15, -0.1) is 0 Å². The molecule has 1 aliphatic heterocycles. The largest absolute Gasteiger partial charge is 0.493 e. The molecule has 1 aromatic carbocycles. The summed E-state index contributed by atoms with van der Waals surface area (Å²) in [5, 5.41) is 3.49. The van der Waals surface area contributed by atoms with Gasteiger partial charge in [0.15, 0.2) is 0 Å². The Morgan fingerprint density at radius 2 is 1.83 bits per heavy atom. The number of nitrogens with one attached hydrogen (secondary N) is 1. The van der Waals surface area contributed by atoms with Gasteiger partial charge in [0.05, 0.1) is 6.61 Å². The van der Waals surface area contributed by atoms with Crippen molar-refractivity contribution in [3.63, 3.8) is 0 Å². The number of rotatable bonds is 4. The molecule has 1 N–H and O–H groups in total. The Morgan fingerprint density at radius 3 is 2.39 bits per heavy atom. The second-order valence-electron chi connectivity index (χ2n) is 9.06. The lowest BCUT2D eigenvalue weighted by Crippen LogP contribution is -2.30. The highest BCUT2D eigenvalue weighted by atomic mass is 16.5. The van der Waals surface area contributed by atoms with E-state index in [2.05, 4.69) is 65.1 Å². The highest BCUT2D eigenvalue weighted by molar-refractivity contribution is 5.43. The fraction of sp³-hybridized carbons (Fsp3) is 0.714. The van der Waals surface area contributed by atoms with Crippen LogP contribution in [0.4, 0.5) is 0 Å². The van der Waals surface area contributed by atoms with E-state index >= 15 is 0 Å². The molecule has 1 saturated heterocycles. The first-order valence-corrected chi connectivity index (χ1v) is 9.16. The van der Waals surface area contributed by atoms with Crippen LogP contribution < -0.4 is 10.1 Å². The number of piperidine rings is 1. The van der Waals surface area contributed by atoms with E-state index in [1.807, 2.05) is 0 Å². The van der Waals surface area contributed by atoms with Crippen molar-refractivity contribution in [2.24, 2.45) is 5.92 Å². The Labute approximate surface area is 143 Å². The van der Waals surface area contributed by atoms with Crippen molar-refractivity contribution in [1.82, 2.24) is 5.32 Å². The number of benzene rings is 1. The summed E-state index contributed by atoms with van der Waals surface area (Å²) in [7, 11) is 0. The summed E-state index contributed by atoms with van der Waals surface area (Å²) < 4.78 is 6.21. The molecular formula is C21H35NO. The van der Waals surface area contributed by atoms with Gasteiger partial charge in [0.25, 0.3) is 0 Å². The number of hydrogen-bond donors (Lipinski definition) is 1. The molecule has 1 aromatic rings. The molecule has 0 radical (unpaired) electrons. The fourth-order valence-electron chi connectivity index (χ4n) is 3.21. The van der Waals surface area contributed by atoms with E-state index in [9.17, 15) is 0 Å². The maximum Gasteiger partial charge on any atom is 0.123 e. The Kier molecular flexibility index (Phi) is 5.78. The molecule has 1 aliphatic rings. The van der Waals surface area contributed by atoms with Gasteiger partial charge in [0.2, 0.25) is 0 Å². The molecule has 0 bridgehead atoms. The topological polar surface area (TPSA) is 21.3 Å². The van der Waals surface area contributed by atoms with Gasteiger partial charge in [-0.25, -0.2) is 0 Å². The third-order valence-electron chi connectivity index (χ3n) is 4.84. The average molecular weight is 318 g/mol. The predicted octanol–water partition coefficient (Wildman–Crippen LogP) is 5.05. The summed E-state index contributed by atoms with van der Waals surface area (Å²) in [4.78, 5) is 0. The number of ether oxygens (including phenoxy) is 1. The molecule has 0 spiro atoms. The van der Waals surface area contributed by atoms with Gasteiger partial charge in [0, 0.05) is 0 Å². The summed E-state index contributed by atoms with van der Waals surface area (Å²) in [5.74, 6) is 1.84. The summed E-state index contributed by atoms with van der Waals surface area (Å²) in [5.41, 5.74) is 2.98. The minimum atomic E-state index is 0.100. The van der Waals surface area contributed by atoms with Crippen LogP contribution in [0.1, 0.15) is 71.9 Å². The molecule has 1 heterocycles. The standard InChI is InChI=1S/C21H35NO/c1-20(2,3)17-9-10-19(18(14-17)21(4,5)6)23-13-11-16-8-7-12-22-15-16/h9-10,14,16,22H,7-8,11-13,15H2,1-6H3/t16-/m0/s1. The van der Waals surface area contributed by atoms with E-state index < -0.39 is 0 Å². The molecule has 0 unspecified atom stereocenters. The lowest BCUT2D eigenvalue weighted by molar-refractivity contribution is 0.250. The molecule has 2 heteroatoms. The Balaban J connectivity index is 2.07. The maximum absolute atomic E-state index is 6.21. The quantitative estimate of drug-likeness (QED) is 0.839. The molecule has 2 nitrogen and oxygen atoms in total. The van der Waals surface area contributed by atoms with Crippen molar-refractivity contribution < 1.29 is 4.74 Å². The minimum Gasteiger partial charge on any atom is -0.493 e. The first kappa shape index (κ1) is 18.3. The zero-order valence-corrected chi connectivity index (χ0v) is 16.0. The van der Waals surface area contributed by atoms with Crippen LogP contribution in [0, 0.1) is 5.92 Å². The molecule has 23 heavy (non-hydrogen) atoms. The van der Waals surface area contributed by atoms with Crippen LogP contribution in [0.5, 0.6) is 5.75 Å². The van der Waals surface area contributed by atoms with Crippen LogP contribution in [0.15, 0.2) is 18.2 Å². The van der Waals surface area contributed by atoms with E-state index in [1.54, 1.807) is 0 Å². The van der Waals surface area contributed by atoms with E-state index in [4.69, 9.17) is 4.74 Å². The molecule has 2 rings (SSSR count). The minimum absolute atomic E-state index is 0.100. The Bertz CT molecular complexity index is 502. The number of hydrogen-bond acceptors (Lipinski definition) is 2. The monoisotopic (exact) mass is 317 g/mol. The third-order valence-corrected chi connectivity index (χ3v) is 4.84. The first-order chi connectivity index (χ1) is 10.7. The van der Waals surface area contributed by atoms with Crippen molar-refractivity contribution in [2.45, 2.75) is 71.6 Å². The van der Waals surface area contributed by atoms with Gasteiger partial charge in [-0.1, -0.05) is 53.7 Å². The molecule has 0 amide bonds. The molecule has 1 fully saturated rings. The molecule has 130 valence electrons. The van der Waals surface area contributed by atoms with E-state index in [1.165, 1.54) is 30.5 Å². The summed E-state index contributed by atoms with van der Waals surface area (Å²) in [6.45, 7) is 16.8. The van der Waals surface area contributed by atoms with Gasteiger partial charge in [-0.2, -0.15) is 0 Å². The van der Waals surface area contributed by atoms with Crippen LogP contribution in [0.3, 0.4) is 0 Å². The lowest BCUT2D eigenvalue weighted by atomic mass is 9.80. The first-order valence-electron chi connectivity index (χ1n) is 9.16. The lowest BCUT2D eigenvalue weighted by Gasteiger charge is -2.28. The van der Waals surface area contributed by atoms with Crippen LogP contribution in [0.2, 0.25) is 0 Å². The van der Waals surface area contributed by atoms with E-state index in [-0.39, 0.29) is 10.8 Å². The van der Waals surface area contributed by atoms with Crippen LogP contribution >= 0.6 is 0 Å². The predicted molar refractivity (Wildman–Crippen MR) is 99.5 cm³/mol. The van der Waals surface area contributed by atoms with Gasteiger partial charge in [-0.05, 0) is 66.3 Å². The van der Waals surface area contributed by atoms with Crippen LogP contribution in [-0.2, 0) is 10.8 Å². The van der Waals surface area contributed by atoms with Gasteiger partial charge in [-0.3, -0.25) is 0 Å². The molecule has 0 aromatic heterocycles. The van der Waals surface area contributed by atoms with Gasteiger partial charge >= 0.3 is 0 Å². The smallest absolute Gasteiger partial charge is 0.123 e. The Hall–Kier alpha value is -1.02. The molecule has 0 saturated carbocycles. The summed E-state index contributed by atoms with van der Waals surface area (Å²) >= 11 is 0. The fourth-order valence-corrected chi connectivity index (χ4v) is 3.21. The van der Waals surface area contributed by atoms with Crippen molar-refractivity contribution >= 4 is 0 Å². The SMILES string of the molecule is CC(C)(C)c1ccc(OCC[C@@H]2CCCNC2)c(C(C)(C)C)c1. The second-order valence-corrected chi connectivity index (χ2v) is 9.06. The third kappa shape index (κ3) is 5.24. The second kappa shape index (κ2) is 7.25. The normalized spacial score (nSPS) is 19.7. The average Bonchev–Trinajstić information content (AvgIpc) is 2.46. The van der Waals surface area contributed by atoms with Gasteiger partial charge < -0.3 is 10.1 Å². The zero-order valence-electron chi connectivity index (χ0n) is 16.0. The van der Waals surface area contributed by atoms with Crippen molar-refractivity contribution in [3.8, 4) is 5.75 Å². The van der Waals surface area contributed by atoms with Crippen molar-refractivity contribution in [2.75, 3.05) is 19.7 Å².